The van der Waals surface area contributed by atoms with Crippen LogP contribution in [-0.2, 0) is 9.59 Å². The Kier molecular flexibility index (Phi) is 7.84. The fourth-order valence-corrected chi connectivity index (χ4v) is 2.83. The lowest BCUT2D eigenvalue weighted by atomic mass is 9.94. The van der Waals surface area contributed by atoms with E-state index in [-0.39, 0.29) is 5.92 Å². The molecule has 2 amide bonds. The van der Waals surface area contributed by atoms with Gasteiger partial charge in [0.25, 0.3) is 5.91 Å². The minimum atomic E-state index is -0.922. The number of carbonyl (C=O) groups is 2. The molecule has 0 saturated heterocycles. The zero-order valence-electron chi connectivity index (χ0n) is 15.7. The van der Waals surface area contributed by atoms with Crippen molar-refractivity contribution in [2.75, 3.05) is 12.4 Å². The summed E-state index contributed by atoms with van der Waals surface area (Å²) >= 11 is 12.0. The zero-order chi connectivity index (χ0) is 20.7. The third kappa shape index (κ3) is 5.71. The zero-order valence-corrected chi connectivity index (χ0v) is 17.2. The lowest BCUT2D eigenvalue weighted by molar-refractivity contribution is -0.134. The smallest absolute Gasteiger partial charge is 0.252 e. The van der Waals surface area contributed by atoms with Crippen molar-refractivity contribution < 1.29 is 14.3 Å². The van der Waals surface area contributed by atoms with Crippen LogP contribution in [0, 0.1) is 11.8 Å². The molecular weight excluding hydrogens is 401 g/mol. The first-order valence-electron chi connectivity index (χ1n) is 8.55. The number of carbonyl (C=O) groups excluding carboxylic acids is 2. The van der Waals surface area contributed by atoms with Crippen molar-refractivity contribution in [3.63, 3.8) is 0 Å². The van der Waals surface area contributed by atoms with E-state index in [0.717, 1.165) is 0 Å². The number of nitrogens with one attached hydrogen (secondary N) is 2. The Morgan fingerprint density at radius 1 is 1.07 bits per heavy atom. The highest BCUT2D eigenvalue weighted by Crippen LogP contribution is 2.24. The molecule has 6 nitrogen and oxygen atoms in total. The summed E-state index contributed by atoms with van der Waals surface area (Å²) in [5.41, 5.74) is 3.51. The molecule has 0 spiro atoms. The Balaban J connectivity index is 2.05. The number of rotatable bonds is 7. The fraction of sp³-hybridized carbons (Fsp3) is 0.250. The molecule has 0 bridgehead atoms. The number of hydrogen-bond donors (Lipinski definition) is 2. The van der Waals surface area contributed by atoms with Gasteiger partial charge in [-0.2, -0.15) is 5.10 Å². The van der Waals surface area contributed by atoms with Gasteiger partial charge >= 0.3 is 0 Å². The Hall–Kier alpha value is -2.57. The van der Waals surface area contributed by atoms with Crippen molar-refractivity contribution in [2.45, 2.75) is 13.8 Å². The second-order valence-electron chi connectivity index (χ2n) is 6.32. The number of amides is 2. The molecule has 2 aromatic carbocycles. The van der Waals surface area contributed by atoms with Crippen molar-refractivity contribution in [1.29, 1.82) is 0 Å². The third-order valence-corrected chi connectivity index (χ3v) is 4.78. The molecule has 0 aliphatic heterocycles. The molecule has 0 aliphatic carbocycles. The molecule has 0 saturated carbocycles. The molecular formula is C20H21Cl2N3O3. The fourth-order valence-electron chi connectivity index (χ4n) is 2.47. The quantitative estimate of drug-likeness (QED) is 0.395. The molecule has 8 heteroatoms. The van der Waals surface area contributed by atoms with Gasteiger partial charge in [-0.15, -0.1) is 0 Å². The minimum Gasteiger partial charge on any atom is -0.497 e. The lowest BCUT2D eigenvalue weighted by Gasteiger charge is -2.18. The summed E-state index contributed by atoms with van der Waals surface area (Å²) in [5, 5.41) is 7.35. The maximum Gasteiger partial charge on any atom is 0.252 e. The van der Waals surface area contributed by atoms with Gasteiger partial charge in [-0.05, 0) is 36.2 Å². The first-order chi connectivity index (χ1) is 13.3. The lowest BCUT2D eigenvalue weighted by Crippen LogP contribution is -2.39. The number of benzene rings is 2. The topological polar surface area (TPSA) is 79.8 Å². The van der Waals surface area contributed by atoms with Crippen molar-refractivity contribution in [3.05, 3.63) is 58.1 Å². The number of ether oxygens (including phenoxy) is 1. The Morgan fingerprint density at radius 3 is 2.36 bits per heavy atom. The summed E-state index contributed by atoms with van der Waals surface area (Å²) in [6.45, 7) is 3.57. The Labute approximate surface area is 173 Å². The first kappa shape index (κ1) is 21.7. The van der Waals surface area contributed by atoms with Gasteiger partial charge < -0.3 is 10.1 Å². The van der Waals surface area contributed by atoms with Gasteiger partial charge in [0.05, 0.1) is 23.4 Å². The van der Waals surface area contributed by atoms with Crippen molar-refractivity contribution >= 4 is 46.9 Å². The van der Waals surface area contributed by atoms with Crippen LogP contribution in [0.5, 0.6) is 5.75 Å². The molecule has 1 atom stereocenters. The number of methoxy groups -OCH3 is 1. The SMILES string of the molecule is COc1ccc(NC(=O)C(C(=O)NN=Cc2cccc(Cl)c2Cl)C(C)C)cc1. The predicted molar refractivity (Wildman–Crippen MR) is 112 cm³/mol. The summed E-state index contributed by atoms with van der Waals surface area (Å²) in [6, 6.07) is 11.9. The van der Waals surface area contributed by atoms with E-state index in [1.165, 1.54) is 6.21 Å². The van der Waals surface area contributed by atoms with E-state index in [0.29, 0.717) is 27.0 Å². The highest BCUT2D eigenvalue weighted by molar-refractivity contribution is 6.43. The van der Waals surface area contributed by atoms with Gasteiger partial charge in [-0.3, -0.25) is 9.59 Å². The maximum absolute atomic E-state index is 12.6. The second kappa shape index (κ2) is 10.1. The maximum atomic E-state index is 12.6. The number of nitrogens with zero attached hydrogens (tertiary/aromatic N) is 1. The molecule has 0 heterocycles. The average molecular weight is 422 g/mol. The molecule has 0 aromatic heterocycles. The van der Waals surface area contributed by atoms with Crippen LogP contribution in [0.4, 0.5) is 5.69 Å². The average Bonchev–Trinajstić information content (AvgIpc) is 2.65. The third-order valence-electron chi connectivity index (χ3n) is 3.95. The van der Waals surface area contributed by atoms with Crippen LogP contribution in [0.25, 0.3) is 0 Å². The van der Waals surface area contributed by atoms with Crippen LogP contribution in [0.3, 0.4) is 0 Å². The summed E-state index contributed by atoms with van der Waals surface area (Å²) in [4.78, 5) is 25.1. The van der Waals surface area contributed by atoms with Crippen LogP contribution in [0.1, 0.15) is 19.4 Å². The van der Waals surface area contributed by atoms with Crippen LogP contribution < -0.4 is 15.5 Å². The van der Waals surface area contributed by atoms with Gasteiger partial charge in [0, 0.05) is 11.3 Å². The van der Waals surface area contributed by atoms with Gasteiger partial charge in [-0.1, -0.05) is 49.2 Å². The molecule has 28 heavy (non-hydrogen) atoms. The molecule has 1 unspecified atom stereocenters. The Morgan fingerprint density at radius 2 is 1.75 bits per heavy atom. The van der Waals surface area contributed by atoms with Gasteiger partial charge in [0.1, 0.15) is 11.7 Å². The van der Waals surface area contributed by atoms with Crippen LogP contribution in [-0.4, -0.2) is 25.1 Å². The van der Waals surface area contributed by atoms with E-state index in [1.807, 2.05) is 0 Å². The largest absolute Gasteiger partial charge is 0.497 e. The summed E-state index contributed by atoms with van der Waals surface area (Å²) < 4.78 is 5.08. The summed E-state index contributed by atoms with van der Waals surface area (Å²) in [7, 11) is 1.56. The standard InChI is InChI=1S/C20H21Cl2N3O3/c1-12(2)17(19(26)24-14-7-9-15(28-3)10-8-14)20(27)25-23-11-13-5-4-6-16(21)18(13)22/h4-12,17H,1-3H3,(H,24,26)(H,25,27). The summed E-state index contributed by atoms with van der Waals surface area (Å²) in [6.07, 6.45) is 1.38. The number of anilines is 1. The van der Waals surface area contributed by atoms with E-state index in [4.69, 9.17) is 27.9 Å². The number of hydrogen-bond acceptors (Lipinski definition) is 4. The molecule has 148 valence electrons. The molecule has 2 aromatic rings. The van der Waals surface area contributed by atoms with Crippen molar-refractivity contribution in [1.82, 2.24) is 5.43 Å². The van der Waals surface area contributed by atoms with E-state index in [1.54, 1.807) is 63.4 Å². The van der Waals surface area contributed by atoms with Gasteiger partial charge in [-0.25, -0.2) is 5.43 Å². The van der Waals surface area contributed by atoms with Crippen LogP contribution >= 0.6 is 23.2 Å². The summed E-state index contributed by atoms with van der Waals surface area (Å²) in [5.74, 6) is -1.42. The molecule has 2 N–H and O–H groups in total. The van der Waals surface area contributed by atoms with Crippen LogP contribution in [0.15, 0.2) is 47.6 Å². The highest BCUT2D eigenvalue weighted by atomic mass is 35.5. The first-order valence-corrected chi connectivity index (χ1v) is 9.31. The van der Waals surface area contributed by atoms with Gasteiger partial charge in [0.15, 0.2) is 0 Å². The van der Waals surface area contributed by atoms with E-state index in [2.05, 4.69) is 15.8 Å². The minimum absolute atomic E-state index is 0.233. The number of hydrazone groups is 1. The van der Waals surface area contributed by atoms with E-state index < -0.39 is 17.7 Å². The number of halogens is 2. The molecule has 2 rings (SSSR count). The molecule has 0 radical (unpaired) electrons. The normalized spacial score (nSPS) is 12.1. The molecule has 0 aliphatic rings. The van der Waals surface area contributed by atoms with Crippen LogP contribution in [0.2, 0.25) is 10.0 Å². The van der Waals surface area contributed by atoms with Crippen molar-refractivity contribution in [2.24, 2.45) is 16.9 Å². The molecule has 0 fully saturated rings. The van der Waals surface area contributed by atoms with E-state index >= 15 is 0 Å². The van der Waals surface area contributed by atoms with Gasteiger partial charge in [0.2, 0.25) is 5.91 Å². The predicted octanol–water partition coefficient (Wildman–Crippen LogP) is 4.36. The monoisotopic (exact) mass is 421 g/mol. The van der Waals surface area contributed by atoms with E-state index in [9.17, 15) is 9.59 Å². The Bertz CT molecular complexity index is 867. The second-order valence-corrected chi connectivity index (χ2v) is 7.10. The van der Waals surface area contributed by atoms with Crippen molar-refractivity contribution in [3.8, 4) is 5.75 Å². The highest BCUT2D eigenvalue weighted by Gasteiger charge is 2.29.